The molecule has 17 heteroatoms. The van der Waals surface area contributed by atoms with Gasteiger partial charge in [0.05, 0.1) is 0 Å². The zero-order valence-electron chi connectivity index (χ0n) is 36.4. The van der Waals surface area contributed by atoms with Crippen LogP contribution < -0.4 is 54.1 Å². The lowest BCUT2D eigenvalue weighted by atomic mass is 9.90. The number of hydrogen-bond acceptors (Lipinski definition) is 12. The fourth-order valence-electron chi connectivity index (χ4n) is 7.43. The van der Waals surface area contributed by atoms with Gasteiger partial charge in [0.2, 0.25) is 5.91 Å². The highest BCUT2D eigenvalue weighted by Gasteiger charge is 2.46. The number of nitrogens with zero attached hydrogens (tertiary/aromatic N) is 1. The summed E-state index contributed by atoms with van der Waals surface area (Å²) in [5.41, 5.74) is 33.1. The molecule has 0 aromatic heterocycles. The molecule has 1 aliphatic rings. The van der Waals surface area contributed by atoms with Crippen LogP contribution in [0.2, 0.25) is 0 Å². The molecule has 0 saturated heterocycles. The molecule has 4 aromatic rings. The minimum Gasteiger partial charge on any atom is -0.492 e. The zero-order valence-corrected chi connectivity index (χ0v) is 36.4. The summed E-state index contributed by atoms with van der Waals surface area (Å²) in [5.74, 6) is -4.12. The number of amides is 4. The molecule has 17 nitrogen and oxygen atoms in total. The number of hydrogen-bond donors (Lipinski definition) is 9. The molecule has 4 amide bonds. The fourth-order valence-corrected chi connectivity index (χ4v) is 7.43. The molecule has 4 bridgehead atoms. The molecule has 14 N–H and O–H groups in total. The van der Waals surface area contributed by atoms with Crippen LogP contribution in [0.5, 0.6) is 11.5 Å². The van der Waals surface area contributed by atoms with Crippen molar-refractivity contribution in [3.8, 4) is 33.8 Å². The Labute approximate surface area is 373 Å². The van der Waals surface area contributed by atoms with E-state index in [1.807, 2.05) is 24.3 Å². The molecular weight excluding hydrogens is 819 g/mol. The summed E-state index contributed by atoms with van der Waals surface area (Å²) in [6, 6.07) is 22.2. The Balaban J connectivity index is 1.57. The minimum atomic E-state index is -2.42. The number of carbonyl (C=O) groups is 5. The first-order valence-electron chi connectivity index (χ1n) is 21.6. The van der Waals surface area contributed by atoms with Crippen molar-refractivity contribution in [2.75, 3.05) is 39.9 Å². The largest absolute Gasteiger partial charge is 0.492 e. The van der Waals surface area contributed by atoms with Crippen molar-refractivity contribution in [2.45, 2.75) is 75.8 Å². The second-order valence-corrected chi connectivity index (χ2v) is 15.7. The van der Waals surface area contributed by atoms with E-state index in [-0.39, 0.29) is 44.7 Å². The van der Waals surface area contributed by atoms with Gasteiger partial charge in [-0.15, -0.1) is 0 Å². The number of nitrogens with one attached hydrogen (secondary N) is 3. The lowest BCUT2D eigenvalue weighted by Gasteiger charge is -2.40. The first kappa shape index (κ1) is 48.7. The number of benzene rings is 4. The summed E-state index contributed by atoms with van der Waals surface area (Å²) < 4.78 is 12.1. The van der Waals surface area contributed by atoms with E-state index >= 15 is 0 Å². The normalized spacial score (nSPS) is 17.9. The van der Waals surface area contributed by atoms with Gasteiger partial charge in [0.1, 0.15) is 36.8 Å². The predicted molar refractivity (Wildman–Crippen MR) is 244 cm³/mol. The lowest BCUT2D eigenvalue weighted by molar-refractivity contribution is -0.149. The molecule has 4 atom stereocenters. The quantitative estimate of drug-likeness (QED) is 0.0482. The number of nitrogens with two attached hydrogens (primary N) is 5. The third-order valence-corrected chi connectivity index (χ3v) is 11.1. The van der Waals surface area contributed by atoms with Crippen LogP contribution in [0.25, 0.3) is 22.3 Å². The summed E-state index contributed by atoms with van der Waals surface area (Å²) in [5, 5.41) is 17.7. The monoisotopic (exact) mass is 879 g/mol. The van der Waals surface area contributed by atoms with Gasteiger partial charge in [-0.3, -0.25) is 24.9 Å². The van der Waals surface area contributed by atoms with Crippen LogP contribution in [0.1, 0.15) is 66.1 Å². The molecule has 0 aliphatic carbocycles. The number of unbranched alkanes of at least 4 members (excludes halogenated alkanes) is 2. The highest BCUT2D eigenvalue weighted by molar-refractivity contribution is 6.00. The van der Waals surface area contributed by atoms with Gasteiger partial charge >= 0.3 is 5.97 Å². The van der Waals surface area contributed by atoms with E-state index in [9.17, 15) is 29.1 Å². The van der Waals surface area contributed by atoms with E-state index in [1.165, 1.54) is 24.7 Å². The summed E-state index contributed by atoms with van der Waals surface area (Å²) in [6.07, 6.45) is 2.35. The van der Waals surface area contributed by atoms with Gasteiger partial charge in [0.25, 0.3) is 17.7 Å². The Bertz CT molecular complexity index is 2260. The van der Waals surface area contributed by atoms with Gasteiger partial charge < -0.3 is 58.4 Å². The number of aliphatic carboxylic acids is 1. The van der Waals surface area contributed by atoms with Crippen LogP contribution in [-0.4, -0.2) is 97.7 Å². The Morgan fingerprint density at radius 1 is 0.828 bits per heavy atom. The average Bonchev–Trinajstić information content (AvgIpc) is 3.30. The van der Waals surface area contributed by atoms with Crippen LogP contribution >= 0.6 is 0 Å². The Kier molecular flexibility index (Phi) is 17.4. The van der Waals surface area contributed by atoms with Gasteiger partial charge in [-0.05, 0) is 97.3 Å². The van der Waals surface area contributed by atoms with Crippen LogP contribution in [0, 0.1) is 0 Å². The Morgan fingerprint density at radius 3 is 2.03 bits per heavy atom. The van der Waals surface area contributed by atoms with E-state index in [2.05, 4.69) is 35.0 Å². The van der Waals surface area contributed by atoms with Crippen molar-refractivity contribution >= 4 is 29.6 Å². The highest BCUT2D eigenvalue weighted by atomic mass is 16.5. The topological polar surface area (TPSA) is 293 Å². The van der Waals surface area contributed by atoms with Crippen LogP contribution in [0.3, 0.4) is 0 Å². The first-order chi connectivity index (χ1) is 30.7. The summed E-state index contributed by atoms with van der Waals surface area (Å²) in [4.78, 5) is 70.1. The number of carboxylic acid groups (broad SMARTS) is 1. The van der Waals surface area contributed by atoms with Crippen molar-refractivity contribution < 1.29 is 38.6 Å². The SMILES string of the molecule is CCCCc1ccc(-c2ccc(C(=O)N[C@@H](CCCCN)C(=O)N(C)[C@]3(N)C(=O)N[C@@H](N)C(=O)N[C@H](C(=O)O)Cc4ccc(OCCN)c(c4)-c4cc3ccc4OCCN)cc2)cc1. The van der Waals surface area contributed by atoms with Crippen LogP contribution in [0.15, 0.2) is 84.9 Å². The van der Waals surface area contributed by atoms with Crippen LogP contribution in [-0.2, 0) is 37.7 Å². The standard InChI is InChI=1S/C47H61N9O8/c1-3-4-7-29-9-12-31(13-10-29)32-14-16-33(17-15-32)42(57)53-37(8-5-6-21-48)44(59)56(2)47(52)34-18-20-40(64-25-23-50)36(28-34)35-26-30(11-19-39(35)63-24-22-49)27-38(45(60)61)54-43(58)41(51)55-46(47)62/h9-20,26,28,37-38,41H,3-8,21-25,27,48-52H2,1-2H3,(H,53,57)(H,54,58)(H,55,62)(H,60,61)/t37-,38-,41+,47-/m0/s1. The smallest absolute Gasteiger partial charge is 0.326 e. The molecular formula is C47H61N9O8. The van der Waals surface area contributed by atoms with Gasteiger partial charge in [0, 0.05) is 48.8 Å². The Morgan fingerprint density at radius 2 is 1.44 bits per heavy atom. The van der Waals surface area contributed by atoms with E-state index in [0.29, 0.717) is 53.1 Å². The molecule has 0 saturated carbocycles. The second-order valence-electron chi connectivity index (χ2n) is 15.7. The van der Waals surface area contributed by atoms with Crippen molar-refractivity contribution in [3.63, 3.8) is 0 Å². The summed E-state index contributed by atoms with van der Waals surface area (Å²) in [7, 11) is 1.30. The molecule has 0 spiro atoms. The van der Waals surface area contributed by atoms with Gasteiger partial charge in [0.15, 0.2) is 11.8 Å². The van der Waals surface area contributed by atoms with Gasteiger partial charge in [-0.1, -0.05) is 61.9 Å². The molecule has 0 radical (unpaired) electrons. The number of carboxylic acids is 1. The maximum Gasteiger partial charge on any atom is 0.326 e. The van der Waals surface area contributed by atoms with E-state index in [0.717, 1.165) is 35.3 Å². The molecule has 4 aromatic carbocycles. The summed E-state index contributed by atoms with van der Waals surface area (Å²) in [6.45, 7) is 3.03. The molecule has 1 heterocycles. The maximum atomic E-state index is 14.8. The number of likely N-dealkylation sites (N-methyl/N-ethyl adjacent to an activating group) is 1. The number of aryl methyl sites for hydroxylation is 1. The lowest BCUT2D eigenvalue weighted by Crippen LogP contribution is -2.68. The average molecular weight is 880 g/mol. The highest BCUT2D eigenvalue weighted by Crippen LogP contribution is 2.40. The summed E-state index contributed by atoms with van der Waals surface area (Å²) >= 11 is 0. The third-order valence-electron chi connectivity index (χ3n) is 11.1. The predicted octanol–water partition coefficient (Wildman–Crippen LogP) is 2.06. The molecule has 64 heavy (non-hydrogen) atoms. The number of rotatable bonds is 19. The van der Waals surface area contributed by atoms with E-state index in [1.54, 1.807) is 36.4 Å². The minimum absolute atomic E-state index is 0.0558. The molecule has 0 unspecified atom stereocenters. The molecule has 5 rings (SSSR count). The van der Waals surface area contributed by atoms with Crippen molar-refractivity contribution in [1.29, 1.82) is 0 Å². The number of fused-ring (bicyclic) bond motifs is 5. The molecule has 0 fully saturated rings. The first-order valence-corrected chi connectivity index (χ1v) is 21.6. The molecule has 1 aliphatic heterocycles. The van der Waals surface area contributed by atoms with Crippen molar-refractivity contribution in [2.24, 2.45) is 28.7 Å². The number of ether oxygens (including phenoxy) is 2. The van der Waals surface area contributed by atoms with Gasteiger partial charge in [-0.25, -0.2) is 4.79 Å². The van der Waals surface area contributed by atoms with Crippen molar-refractivity contribution in [3.05, 3.63) is 107 Å². The third kappa shape index (κ3) is 11.8. The number of carbonyl (C=O) groups excluding carboxylic acids is 4. The van der Waals surface area contributed by atoms with Crippen molar-refractivity contribution in [1.82, 2.24) is 20.9 Å². The second kappa shape index (κ2) is 22.8. The Hall–Kier alpha value is -6.37. The van der Waals surface area contributed by atoms with E-state index in [4.69, 9.17) is 38.1 Å². The van der Waals surface area contributed by atoms with E-state index < -0.39 is 53.5 Å². The maximum absolute atomic E-state index is 14.8. The van der Waals surface area contributed by atoms with Crippen LogP contribution in [0.4, 0.5) is 0 Å². The van der Waals surface area contributed by atoms with Gasteiger partial charge in [-0.2, -0.15) is 0 Å². The molecule has 342 valence electrons. The fraction of sp³-hybridized carbons (Fsp3) is 0.383. The zero-order chi connectivity index (χ0) is 46.4.